The third-order valence-corrected chi connectivity index (χ3v) is 5.04. The number of carboxylic acids is 1. The van der Waals surface area contributed by atoms with Crippen LogP contribution in [-0.4, -0.2) is 67.8 Å². The lowest BCUT2D eigenvalue weighted by Crippen LogP contribution is -2.69. The van der Waals surface area contributed by atoms with E-state index in [1.807, 2.05) is 0 Å². The second-order valence-electron chi connectivity index (χ2n) is 6.33. The average Bonchev–Trinajstić information content (AvgIpc) is 3.09. The number of aliphatic hydroxyl groups excluding tert-OH is 1. The first-order valence-corrected chi connectivity index (χ1v) is 10.3. The van der Waals surface area contributed by atoms with Gasteiger partial charge in [-0.05, 0) is 30.0 Å². The van der Waals surface area contributed by atoms with E-state index >= 15 is 0 Å². The van der Waals surface area contributed by atoms with Crippen molar-refractivity contribution in [2.24, 2.45) is 5.16 Å². The number of aliphatic hydroxyl groups is 1. The van der Waals surface area contributed by atoms with E-state index in [4.69, 9.17) is 25.4 Å². The summed E-state index contributed by atoms with van der Waals surface area (Å²) in [5.74, 6) is -2.87. The Balaban J connectivity index is 2.18. The highest BCUT2D eigenvalue weighted by atomic mass is 32.1. The summed E-state index contributed by atoms with van der Waals surface area (Å²) in [4.78, 5) is 44.9. The van der Waals surface area contributed by atoms with Gasteiger partial charge in [-0.25, -0.2) is 9.78 Å². The summed E-state index contributed by atoms with van der Waals surface area (Å²) in [6.07, 6.45) is -0.762. The number of hydrogen-bond donors (Lipinski definition) is 4. The van der Waals surface area contributed by atoms with Crippen LogP contribution in [0.15, 0.2) is 10.5 Å². The number of carbonyl (C=O) groups excluding carboxylic acids is 2. The molecular weight excluding hydrogens is 429 g/mol. The predicted molar refractivity (Wildman–Crippen MR) is 99.9 cm³/mol. The fourth-order valence-electron chi connectivity index (χ4n) is 2.03. The molecule has 5 N–H and O–H groups in total. The lowest BCUT2D eigenvalue weighted by atomic mass is 10.00. The Kier molecular flexibility index (Phi) is 6.85. The monoisotopic (exact) mass is 448 g/mol. The zero-order chi connectivity index (χ0) is 21.9. The van der Waals surface area contributed by atoms with Crippen LogP contribution in [0.3, 0.4) is 0 Å². The number of carbonyl (C=O) groups is 3. The van der Waals surface area contributed by atoms with Crippen LogP contribution in [0.25, 0.3) is 0 Å². The second kappa shape index (κ2) is 8.78. The van der Waals surface area contributed by atoms with Crippen LogP contribution in [0.4, 0.5) is 5.13 Å². The molecule has 0 spiro atoms. The lowest BCUT2D eigenvalue weighted by molar-refractivity contribution is -0.194. The molecule has 2 rings (SSSR count). The zero-order valence-electron chi connectivity index (χ0n) is 15.6. The maximum atomic E-state index is 12.7. The molecular formula is C14H19N5O8PS+. The molecule has 1 unspecified atom stereocenters. The van der Waals surface area contributed by atoms with Gasteiger partial charge in [-0.15, -0.1) is 11.3 Å². The highest BCUT2D eigenvalue weighted by Gasteiger charge is 2.51. The van der Waals surface area contributed by atoms with E-state index in [1.54, 1.807) is 0 Å². The molecule has 2 heterocycles. The molecule has 1 aromatic heterocycles. The number of nitrogen functional groups attached to an aromatic ring is 1. The van der Waals surface area contributed by atoms with Gasteiger partial charge in [-0.2, -0.15) is 5.06 Å². The minimum Gasteiger partial charge on any atom is -0.478 e. The summed E-state index contributed by atoms with van der Waals surface area (Å²) >= 11 is 1.02. The van der Waals surface area contributed by atoms with Crippen molar-refractivity contribution in [3.8, 4) is 0 Å². The van der Waals surface area contributed by atoms with Gasteiger partial charge in [0.25, 0.3) is 18.2 Å². The van der Waals surface area contributed by atoms with Crippen molar-refractivity contribution in [3.63, 3.8) is 0 Å². The minimum absolute atomic E-state index is 0.0297. The molecule has 0 saturated carbocycles. The number of nitrogens with zero attached hydrogens (tertiary/aromatic N) is 3. The Bertz CT molecular complexity index is 872. The van der Waals surface area contributed by atoms with Crippen LogP contribution < -0.4 is 11.1 Å². The number of nitrogens with one attached hydrogen (secondary N) is 1. The van der Waals surface area contributed by atoms with E-state index in [0.717, 1.165) is 16.4 Å². The molecule has 15 heteroatoms. The van der Waals surface area contributed by atoms with Crippen molar-refractivity contribution in [1.82, 2.24) is 15.4 Å². The van der Waals surface area contributed by atoms with E-state index in [2.05, 4.69) is 15.5 Å². The fourth-order valence-corrected chi connectivity index (χ4v) is 3.05. The minimum atomic E-state index is -2.46. The Hall–Kier alpha value is -2.67. The van der Waals surface area contributed by atoms with Crippen molar-refractivity contribution >= 4 is 48.0 Å². The van der Waals surface area contributed by atoms with Gasteiger partial charge in [0.1, 0.15) is 11.7 Å². The van der Waals surface area contributed by atoms with Gasteiger partial charge >= 0.3 is 14.0 Å². The van der Waals surface area contributed by atoms with Crippen LogP contribution in [0.1, 0.15) is 26.5 Å². The van der Waals surface area contributed by atoms with Crippen molar-refractivity contribution in [2.75, 3.05) is 12.1 Å². The number of aromatic nitrogens is 1. The third kappa shape index (κ3) is 5.03. The van der Waals surface area contributed by atoms with Crippen LogP contribution >= 0.6 is 19.4 Å². The van der Waals surface area contributed by atoms with Crippen LogP contribution in [0.5, 0.6) is 0 Å². The predicted octanol–water partition coefficient (Wildman–Crippen LogP) is -0.351. The fraction of sp³-hybridized carbons (Fsp3) is 0.500. The molecule has 29 heavy (non-hydrogen) atoms. The topological polar surface area (TPSA) is 194 Å². The molecule has 0 bridgehead atoms. The van der Waals surface area contributed by atoms with Gasteiger partial charge in [0.05, 0.1) is 6.04 Å². The number of anilines is 1. The first kappa shape index (κ1) is 22.6. The van der Waals surface area contributed by atoms with Crippen molar-refractivity contribution < 1.29 is 38.6 Å². The number of hydroxylamine groups is 2. The van der Waals surface area contributed by atoms with E-state index in [9.17, 15) is 18.9 Å². The SMILES string of the molecule is C[C@@H]1[C@H](NC(=O)/C(=N\OC(C)(C)C(=O)O)c2csc(N)n2)C(=O)N1O[P+](=O)CO. The molecule has 1 aliphatic heterocycles. The number of β-lactam (4-membered cyclic amide) rings is 1. The highest BCUT2D eigenvalue weighted by Crippen LogP contribution is 2.30. The van der Waals surface area contributed by atoms with Crippen LogP contribution in [-0.2, 0) is 28.4 Å². The molecule has 1 aliphatic rings. The molecule has 158 valence electrons. The summed E-state index contributed by atoms with van der Waals surface area (Å²) in [5.41, 5.74) is 3.49. The molecule has 0 aliphatic carbocycles. The molecule has 2 amide bonds. The highest BCUT2D eigenvalue weighted by molar-refractivity contribution is 7.38. The van der Waals surface area contributed by atoms with Crippen LogP contribution in [0, 0.1) is 0 Å². The Morgan fingerprint density at radius 1 is 1.52 bits per heavy atom. The van der Waals surface area contributed by atoms with E-state index in [0.29, 0.717) is 0 Å². The van der Waals surface area contributed by atoms with Gasteiger partial charge in [0, 0.05) is 5.38 Å². The van der Waals surface area contributed by atoms with E-state index in [-0.39, 0.29) is 16.5 Å². The molecule has 0 radical (unpaired) electrons. The maximum Gasteiger partial charge on any atom is 0.561 e. The van der Waals surface area contributed by atoms with Gasteiger partial charge in [0.15, 0.2) is 10.8 Å². The normalized spacial score (nSPS) is 20.1. The zero-order valence-corrected chi connectivity index (χ0v) is 17.3. The summed E-state index contributed by atoms with van der Waals surface area (Å²) in [7, 11) is -2.46. The van der Waals surface area contributed by atoms with Crippen molar-refractivity contribution in [3.05, 3.63) is 11.1 Å². The van der Waals surface area contributed by atoms with Gasteiger partial charge in [-0.3, -0.25) is 9.59 Å². The molecule has 1 saturated heterocycles. The number of thiazole rings is 1. The number of amides is 2. The maximum absolute atomic E-state index is 12.7. The third-order valence-electron chi connectivity index (χ3n) is 3.78. The van der Waals surface area contributed by atoms with Crippen molar-refractivity contribution in [2.45, 2.75) is 38.5 Å². The lowest BCUT2D eigenvalue weighted by Gasteiger charge is -2.39. The average molecular weight is 448 g/mol. The molecule has 3 atom stereocenters. The molecule has 0 aromatic carbocycles. The van der Waals surface area contributed by atoms with E-state index < -0.39 is 49.8 Å². The Morgan fingerprint density at radius 3 is 2.66 bits per heavy atom. The number of rotatable bonds is 9. The molecule has 13 nitrogen and oxygen atoms in total. The number of hydrogen-bond acceptors (Lipinski definition) is 11. The summed E-state index contributed by atoms with van der Waals surface area (Å²) in [6, 6.07) is -1.71. The number of nitrogens with two attached hydrogens (primary N) is 1. The smallest absolute Gasteiger partial charge is 0.478 e. The van der Waals surface area contributed by atoms with Gasteiger partial charge in [0.2, 0.25) is 5.60 Å². The summed E-state index contributed by atoms with van der Waals surface area (Å²) < 4.78 is 16.0. The summed E-state index contributed by atoms with van der Waals surface area (Å²) in [6.45, 7) is 3.99. The first-order valence-electron chi connectivity index (χ1n) is 8.06. The number of oxime groups is 1. The van der Waals surface area contributed by atoms with Gasteiger partial charge in [-0.1, -0.05) is 5.16 Å². The van der Waals surface area contributed by atoms with Crippen molar-refractivity contribution in [1.29, 1.82) is 0 Å². The second-order valence-corrected chi connectivity index (χ2v) is 8.33. The Labute approximate surface area is 169 Å². The van der Waals surface area contributed by atoms with Gasteiger partial charge < -0.3 is 26.1 Å². The molecule has 1 aromatic rings. The standard InChI is InChI=1S/C14H18N5O8PS/c1-6-8(11(22)19(6)27-28(25)5-20)17-10(21)9(7-4-29-13(15)16-7)18-26-14(2,3)12(23)24/h4,6,8,20H,5H2,1-3H3,(H3-,15,16,17,21,23,24)/p+1/b18-9-/t6-,8+/m1/s1. The van der Waals surface area contributed by atoms with Crippen LogP contribution in [0.2, 0.25) is 0 Å². The molecule has 1 fully saturated rings. The number of carboxylic acid groups (broad SMARTS) is 1. The number of aliphatic carboxylic acids is 1. The van der Waals surface area contributed by atoms with E-state index in [1.165, 1.54) is 26.2 Å². The largest absolute Gasteiger partial charge is 0.561 e. The summed E-state index contributed by atoms with van der Waals surface area (Å²) in [5, 5.41) is 26.2. The Morgan fingerprint density at radius 2 is 2.17 bits per heavy atom. The first-order chi connectivity index (χ1) is 13.5. The quantitative estimate of drug-likeness (QED) is 0.168.